The standard InChI is InChI=1S/C9H15N2O2/c1-10(2)9(12)13-8-4-6-11(3)7-5-8/h4,6H,5,7H2,1-3H3/q+1. The van der Waals surface area contributed by atoms with Gasteiger partial charge >= 0.3 is 6.09 Å². The fourth-order valence-electron chi connectivity index (χ4n) is 0.943. The van der Waals surface area contributed by atoms with Crippen LogP contribution in [-0.4, -0.2) is 49.5 Å². The number of hydrogen-bond donors (Lipinski definition) is 0. The molecule has 13 heavy (non-hydrogen) atoms. The molecule has 0 fully saturated rings. The molecule has 0 atom stereocenters. The summed E-state index contributed by atoms with van der Waals surface area (Å²) < 4.78 is 7.14. The summed E-state index contributed by atoms with van der Waals surface area (Å²) in [5, 5.41) is 0. The van der Waals surface area contributed by atoms with Crippen molar-refractivity contribution in [2.75, 3.05) is 27.7 Å². The monoisotopic (exact) mass is 183 g/mol. The predicted octanol–water partition coefficient (Wildman–Crippen LogP) is 0.685. The molecule has 1 rings (SSSR count). The van der Waals surface area contributed by atoms with Crippen LogP contribution in [0.5, 0.6) is 0 Å². The molecule has 0 unspecified atom stereocenters. The Bertz CT molecular complexity index is 267. The fourth-order valence-corrected chi connectivity index (χ4v) is 0.943. The Balaban J connectivity index is 2.51. The highest BCUT2D eigenvalue weighted by atomic mass is 16.6. The SMILES string of the molecule is CN(C)C(=O)OC1=CC=[N+](C)CC1. The van der Waals surface area contributed by atoms with Crippen molar-refractivity contribution in [3.05, 3.63) is 11.8 Å². The van der Waals surface area contributed by atoms with Gasteiger partial charge in [0.1, 0.15) is 19.4 Å². The summed E-state index contributed by atoms with van der Waals surface area (Å²) in [5.74, 6) is 0.733. The van der Waals surface area contributed by atoms with Crippen LogP contribution in [0.3, 0.4) is 0 Å². The molecule has 0 saturated heterocycles. The van der Waals surface area contributed by atoms with Crippen LogP contribution in [-0.2, 0) is 4.74 Å². The molecule has 0 bridgehead atoms. The van der Waals surface area contributed by atoms with E-state index in [9.17, 15) is 4.79 Å². The number of nitrogens with zero attached hydrogens (tertiary/aromatic N) is 2. The van der Waals surface area contributed by atoms with Crippen molar-refractivity contribution in [3.8, 4) is 0 Å². The molecule has 1 aliphatic heterocycles. The first kappa shape index (κ1) is 9.77. The van der Waals surface area contributed by atoms with Crippen molar-refractivity contribution < 1.29 is 14.1 Å². The van der Waals surface area contributed by atoms with Crippen LogP contribution in [0.25, 0.3) is 0 Å². The van der Waals surface area contributed by atoms with Gasteiger partial charge in [0, 0.05) is 20.2 Å². The lowest BCUT2D eigenvalue weighted by molar-refractivity contribution is -0.493. The number of carbonyl (C=O) groups is 1. The van der Waals surface area contributed by atoms with Crippen molar-refractivity contribution in [2.45, 2.75) is 6.42 Å². The molecule has 0 N–H and O–H groups in total. The first-order valence-electron chi connectivity index (χ1n) is 4.23. The van der Waals surface area contributed by atoms with Crippen LogP contribution in [0.2, 0.25) is 0 Å². The molecule has 0 spiro atoms. The Morgan fingerprint density at radius 3 is 2.77 bits per heavy atom. The van der Waals surface area contributed by atoms with Gasteiger partial charge in [-0.25, -0.2) is 9.37 Å². The molecule has 1 heterocycles. The lowest BCUT2D eigenvalue weighted by Crippen LogP contribution is -2.24. The summed E-state index contributed by atoms with van der Waals surface area (Å²) in [7, 11) is 5.32. The first-order chi connectivity index (χ1) is 6.09. The Hall–Kier alpha value is -1.32. The summed E-state index contributed by atoms with van der Waals surface area (Å²) in [5.41, 5.74) is 0. The van der Waals surface area contributed by atoms with Crippen molar-refractivity contribution in [3.63, 3.8) is 0 Å². The summed E-state index contributed by atoms with van der Waals surface area (Å²) in [6.45, 7) is 0.895. The second-order valence-electron chi connectivity index (χ2n) is 3.28. The molecule has 0 aliphatic carbocycles. The van der Waals surface area contributed by atoms with E-state index in [-0.39, 0.29) is 6.09 Å². The Morgan fingerprint density at radius 2 is 2.31 bits per heavy atom. The number of rotatable bonds is 1. The molecule has 1 aliphatic rings. The van der Waals surface area contributed by atoms with Crippen molar-refractivity contribution >= 4 is 12.3 Å². The number of allylic oxidation sites excluding steroid dienone is 1. The highest BCUT2D eigenvalue weighted by Crippen LogP contribution is 2.07. The minimum Gasteiger partial charge on any atom is -0.414 e. The van der Waals surface area contributed by atoms with Crippen molar-refractivity contribution in [2.24, 2.45) is 0 Å². The molecule has 0 radical (unpaired) electrons. The molecule has 0 aromatic carbocycles. The van der Waals surface area contributed by atoms with E-state index in [2.05, 4.69) is 0 Å². The Morgan fingerprint density at radius 1 is 1.62 bits per heavy atom. The van der Waals surface area contributed by atoms with E-state index in [0.29, 0.717) is 0 Å². The van der Waals surface area contributed by atoms with E-state index in [1.807, 2.05) is 23.9 Å². The van der Waals surface area contributed by atoms with Gasteiger partial charge in [-0.15, -0.1) is 0 Å². The number of ether oxygens (including phenoxy) is 1. The predicted molar refractivity (Wildman–Crippen MR) is 50.0 cm³/mol. The highest BCUT2D eigenvalue weighted by molar-refractivity contribution is 5.71. The molecule has 1 amide bonds. The molecular weight excluding hydrogens is 168 g/mol. The number of carbonyl (C=O) groups excluding carboxylic acids is 1. The molecular formula is C9H15N2O2+. The third-order valence-electron chi connectivity index (χ3n) is 1.81. The van der Waals surface area contributed by atoms with E-state index in [1.54, 1.807) is 14.1 Å². The molecule has 0 aromatic heterocycles. The van der Waals surface area contributed by atoms with E-state index in [0.717, 1.165) is 18.7 Å². The van der Waals surface area contributed by atoms with E-state index in [4.69, 9.17) is 4.74 Å². The first-order valence-corrected chi connectivity index (χ1v) is 4.23. The van der Waals surface area contributed by atoms with Crippen LogP contribution in [0.1, 0.15) is 6.42 Å². The average Bonchev–Trinajstić information content (AvgIpc) is 2.08. The van der Waals surface area contributed by atoms with Crippen LogP contribution in [0, 0.1) is 0 Å². The summed E-state index contributed by atoms with van der Waals surface area (Å²) in [4.78, 5) is 12.5. The lowest BCUT2D eigenvalue weighted by Gasteiger charge is -2.13. The van der Waals surface area contributed by atoms with Gasteiger partial charge in [0.05, 0.1) is 6.42 Å². The van der Waals surface area contributed by atoms with E-state index >= 15 is 0 Å². The highest BCUT2D eigenvalue weighted by Gasteiger charge is 2.13. The summed E-state index contributed by atoms with van der Waals surface area (Å²) in [6.07, 6.45) is 4.20. The third kappa shape index (κ3) is 2.89. The third-order valence-corrected chi connectivity index (χ3v) is 1.81. The minimum absolute atomic E-state index is 0.316. The second kappa shape index (κ2) is 4.07. The van der Waals surface area contributed by atoms with Gasteiger partial charge in [0.2, 0.25) is 0 Å². The summed E-state index contributed by atoms with van der Waals surface area (Å²) in [6, 6.07) is 0. The average molecular weight is 183 g/mol. The maximum absolute atomic E-state index is 11.1. The van der Waals surface area contributed by atoms with Crippen LogP contribution < -0.4 is 0 Å². The van der Waals surface area contributed by atoms with Gasteiger partial charge < -0.3 is 9.64 Å². The number of hydrogen-bond acceptors (Lipinski definition) is 2. The van der Waals surface area contributed by atoms with Crippen molar-refractivity contribution in [1.29, 1.82) is 0 Å². The second-order valence-corrected chi connectivity index (χ2v) is 3.28. The van der Waals surface area contributed by atoms with Gasteiger partial charge in [-0.05, 0) is 0 Å². The number of amides is 1. The smallest absolute Gasteiger partial charge is 0.414 e. The van der Waals surface area contributed by atoms with E-state index < -0.39 is 0 Å². The molecule has 4 heteroatoms. The van der Waals surface area contributed by atoms with Gasteiger partial charge in [-0.3, -0.25) is 0 Å². The van der Waals surface area contributed by atoms with Gasteiger partial charge in [0.25, 0.3) is 0 Å². The molecule has 72 valence electrons. The maximum Gasteiger partial charge on any atom is 0.414 e. The van der Waals surface area contributed by atoms with Crippen molar-refractivity contribution in [1.82, 2.24) is 4.90 Å². The van der Waals surface area contributed by atoms with Crippen LogP contribution in [0.15, 0.2) is 11.8 Å². The van der Waals surface area contributed by atoms with Gasteiger partial charge in [-0.1, -0.05) is 0 Å². The Kier molecular flexibility index (Phi) is 3.06. The molecule has 0 saturated carbocycles. The van der Waals surface area contributed by atoms with Gasteiger partial charge in [-0.2, -0.15) is 0 Å². The van der Waals surface area contributed by atoms with E-state index in [1.165, 1.54) is 4.90 Å². The lowest BCUT2D eigenvalue weighted by atomic mass is 10.3. The zero-order valence-corrected chi connectivity index (χ0v) is 8.28. The summed E-state index contributed by atoms with van der Waals surface area (Å²) >= 11 is 0. The normalized spacial score (nSPS) is 15.9. The van der Waals surface area contributed by atoms with Gasteiger partial charge in [0.15, 0.2) is 6.21 Å². The maximum atomic E-state index is 11.1. The quantitative estimate of drug-likeness (QED) is 0.560. The molecule has 4 nitrogen and oxygen atoms in total. The van der Waals surface area contributed by atoms with Crippen LogP contribution >= 0.6 is 0 Å². The molecule has 0 aromatic rings. The topological polar surface area (TPSA) is 32.6 Å². The Labute approximate surface area is 78.1 Å². The zero-order valence-electron chi connectivity index (χ0n) is 8.28. The zero-order chi connectivity index (χ0) is 9.84. The fraction of sp³-hybridized carbons (Fsp3) is 0.556. The minimum atomic E-state index is -0.316. The van der Waals surface area contributed by atoms with Crippen LogP contribution in [0.4, 0.5) is 4.79 Å². The largest absolute Gasteiger partial charge is 0.414 e.